The standard InChI is InChI=1S/C14H20N2O3/c15-7-11-1-3-13(4-2-11)19-10-14(18)16-6-5-12(8-16)9-17/h1-4,12,17H,5-10,15H2. The minimum Gasteiger partial charge on any atom is -0.484 e. The van der Waals surface area contributed by atoms with Crippen LogP contribution in [0.5, 0.6) is 5.75 Å². The molecule has 1 unspecified atom stereocenters. The lowest BCUT2D eigenvalue weighted by Gasteiger charge is -2.16. The molecule has 1 aliphatic rings. The third-order valence-electron chi connectivity index (χ3n) is 3.42. The average molecular weight is 264 g/mol. The zero-order valence-electron chi connectivity index (χ0n) is 10.9. The summed E-state index contributed by atoms with van der Waals surface area (Å²) in [6, 6.07) is 7.40. The van der Waals surface area contributed by atoms with Crippen LogP contribution in [0.15, 0.2) is 24.3 Å². The predicted octanol–water partition coefficient (Wildman–Crippen LogP) is 0.365. The second-order valence-electron chi connectivity index (χ2n) is 4.81. The van der Waals surface area contributed by atoms with E-state index in [9.17, 15) is 4.79 Å². The fraction of sp³-hybridized carbons (Fsp3) is 0.500. The first-order chi connectivity index (χ1) is 9.22. The highest BCUT2D eigenvalue weighted by Gasteiger charge is 2.25. The summed E-state index contributed by atoms with van der Waals surface area (Å²) in [6.45, 7) is 2.02. The predicted molar refractivity (Wildman–Crippen MR) is 71.6 cm³/mol. The molecule has 1 atom stereocenters. The number of hydrogen-bond donors (Lipinski definition) is 2. The number of ether oxygens (including phenoxy) is 1. The Morgan fingerprint density at radius 1 is 1.42 bits per heavy atom. The van der Waals surface area contributed by atoms with E-state index < -0.39 is 0 Å². The molecule has 0 radical (unpaired) electrons. The van der Waals surface area contributed by atoms with E-state index in [-0.39, 0.29) is 25.0 Å². The van der Waals surface area contributed by atoms with E-state index in [1.165, 1.54) is 0 Å². The Labute approximate surface area is 113 Å². The minimum absolute atomic E-state index is 0.0288. The molecule has 0 aromatic heterocycles. The number of rotatable bonds is 5. The van der Waals surface area contributed by atoms with Gasteiger partial charge in [-0.3, -0.25) is 4.79 Å². The van der Waals surface area contributed by atoms with Crippen LogP contribution in [-0.2, 0) is 11.3 Å². The lowest BCUT2D eigenvalue weighted by molar-refractivity contribution is -0.132. The van der Waals surface area contributed by atoms with Gasteiger partial charge in [-0.1, -0.05) is 12.1 Å². The van der Waals surface area contributed by atoms with E-state index in [1.807, 2.05) is 24.3 Å². The van der Waals surface area contributed by atoms with Gasteiger partial charge in [-0.2, -0.15) is 0 Å². The zero-order chi connectivity index (χ0) is 13.7. The highest BCUT2D eigenvalue weighted by Crippen LogP contribution is 2.16. The fourth-order valence-corrected chi connectivity index (χ4v) is 2.17. The summed E-state index contributed by atoms with van der Waals surface area (Å²) in [5.74, 6) is 0.857. The molecule has 0 aliphatic carbocycles. The average Bonchev–Trinajstić information content (AvgIpc) is 2.94. The lowest BCUT2D eigenvalue weighted by atomic mass is 10.1. The summed E-state index contributed by atoms with van der Waals surface area (Å²) in [5, 5.41) is 9.04. The number of nitrogens with zero attached hydrogens (tertiary/aromatic N) is 1. The molecule has 1 aromatic rings. The number of carbonyl (C=O) groups is 1. The Bertz CT molecular complexity index is 419. The van der Waals surface area contributed by atoms with E-state index in [0.29, 0.717) is 25.4 Å². The van der Waals surface area contributed by atoms with Crippen molar-refractivity contribution in [1.82, 2.24) is 4.90 Å². The second kappa shape index (κ2) is 6.54. The number of aliphatic hydroxyl groups is 1. The largest absolute Gasteiger partial charge is 0.484 e. The highest BCUT2D eigenvalue weighted by atomic mass is 16.5. The molecule has 104 valence electrons. The molecule has 5 nitrogen and oxygen atoms in total. The van der Waals surface area contributed by atoms with Crippen LogP contribution < -0.4 is 10.5 Å². The second-order valence-corrected chi connectivity index (χ2v) is 4.81. The number of aliphatic hydroxyl groups excluding tert-OH is 1. The number of amides is 1. The van der Waals surface area contributed by atoms with Gasteiger partial charge in [0.1, 0.15) is 5.75 Å². The molecular formula is C14H20N2O3. The molecule has 1 heterocycles. The van der Waals surface area contributed by atoms with Gasteiger partial charge in [0.05, 0.1) is 0 Å². The highest BCUT2D eigenvalue weighted by molar-refractivity contribution is 5.78. The minimum atomic E-state index is -0.0288. The van der Waals surface area contributed by atoms with Crippen LogP contribution in [-0.4, -0.2) is 42.2 Å². The third kappa shape index (κ3) is 3.68. The number of nitrogens with two attached hydrogens (primary N) is 1. The van der Waals surface area contributed by atoms with Gasteiger partial charge in [0, 0.05) is 32.2 Å². The van der Waals surface area contributed by atoms with Crippen molar-refractivity contribution in [1.29, 1.82) is 0 Å². The zero-order valence-corrected chi connectivity index (χ0v) is 10.9. The smallest absolute Gasteiger partial charge is 0.260 e. The Balaban J connectivity index is 1.80. The number of carbonyl (C=O) groups excluding carboxylic acids is 1. The Morgan fingerprint density at radius 2 is 2.16 bits per heavy atom. The van der Waals surface area contributed by atoms with E-state index in [1.54, 1.807) is 4.90 Å². The molecular weight excluding hydrogens is 244 g/mol. The van der Waals surface area contributed by atoms with E-state index >= 15 is 0 Å². The molecule has 1 fully saturated rings. The summed E-state index contributed by atoms with van der Waals surface area (Å²) in [6.07, 6.45) is 0.868. The molecule has 19 heavy (non-hydrogen) atoms. The van der Waals surface area contributed by atoms with Gasteiger partial charge < -0.3 is 20.5 Å². The Hall–Kier alpha value is -1.59. The van der Waals surface area contributed by atoms with Crippen LogP contribution in [0, 0.1) is 5.92 Å². The molecule has 0 bridgehead atoms. The number of benzene rings is 1. The summed E-state index contributed by atoms with van der Waals surface area (Å²) in [4.78, 5) is 13.6. The molecule has 0 saturated carbocycles. The van der Waals surface area contributed by atoms with Gasteiger partial charge in [0.15, 0.2) is 6.61 Å². The molecule has 5 heteroatoms. The van der Waals surface area contributed by atoms with Gasteiger partial charge in [-0.25, -0.2) is 0 Å². The first-order valence-corrected chi connectivity index (χ1v) is 6.53. The molecule has 1 saturated heterocycles. The van der Waals surface area contributed by atoms with Crippen molar-refractivity contribution in [2.45, 2.75) is 13.0 Å². The van der Waals surface area contributed by atoms with Crippen molar-refractivity contribution in [3.8, 4) is 5.75 Å². The van der Waals surface area contributed by atoms with Crippen LogP contribution in [0.1, 0.15) is 12.0 Å². The summed E-state index contributed by atoms with van der Waals surface area (Å²) in [5.41, 5.74) is 6.54. The van der Waals surface area contributed by atoms with Crippen LogP contribution in [0.25, 0.3) is 0 Å². The maximum absolute atomic E-state index is 11.9. The molecule has 1 aromatic carbocycles. The van der Waals surface area contributed by atoms with Gasteiger partial charge in [0.2, 0.25) is 0 Å². The van der Waals surface area contributed by atoms with Gasteiger partial charge in [-0.05, 0) is 24.1 Å². The van der Waals surface area contributed by atoms with Crippen LogP contribution in [0.4, 0.5) is 0 Å². The molecule has 0 spiro atoms. The Kier molecular flexibility index (Phi) is 4.76. The molecule has 1 amide bonds. The van der Waals surface area contributed by atoms with Crippen molar-refractivity contribution in [3.05, 3.63) is 29.8 Å². The third-order valence-corrected chi connectivity index (χ3v) is 3.42. The van der Waals surface area contributed by atoms with Gasteiger partial charge >= 0.3 is 0 Å². The quantitative estimate of drug-likeness (QED) is 0.805. The van der Waals surface area contributed by atoms with E-state index in [2.05, 4.69) is 0 Å². The normalized spacial score (nSPS) is 18.6. The molecule has 3 N–H and O–H groups in total. The first-order valence-electron chi connectivity index (χ1n) is 6.53. The van der Waals surface area contributed by atoms with E-state index in [0.717, 1.165) is 12.0 Å². The molecule has 1 aliphatic heterocycles. The number of hydrogen-bond acceptors (Lipinski definition) is 4. The van der Waals surface area contributed by atoms with Crippen molar-refractivity contribution in [2.75, 3.05) is 26.3 Å². The lowest BCUT2D eigenvalue weighted by Crippen LogP contribution is -2.33. The molecule has 2 rings (SSSR count). The SMILES string of the molecule is NCc1ccc(OCC(=O)N2CCC(CO)C2)cc1. The first kappa shape index (κ1) is 13.8. The van der Waals surface area contributed by atoms with Crippen LogP contribution >= 0.6 is 0 Å². The topological polar surface area (TPSA) is 75.8 Å². The van der Waals surface area contributed by atoms with Gasteiger partial charge in [0.25, 0.3) is 5.91 Å². The van der Waals surface area contributed by atoms with Crippen molar-refractivity contribution in [3.63, 3.8) is 0 Å². The van der Waals surface area contributed by atoms with Crippen LogP contribution in [0.2, 0.25) is 0 Å². The Morgan fingerprint density at radius 3 is 2.74 bits per heavy atom. The maximum atomic E-state index is 11.9. The van der Waals surface area contributed by atoms with Crippen molar-refractivity contribution < 1.29 is 14.6 Å². The summed E-state index contributed by atoms with van der Waals surface area (Å²) >= 11 is 0. The van der Waals surface area contributed by atoms with Crippen molar-refractivity contribution >= 4 is 5.91 Å². The maximum Gasteiger partial charge on any atom is 0.260 e. The summed E-state index contributed by atoms with van der Waals surface area (Å²) in [7, 11) is 0. The number of likely N-dealkylation sites (tertiary alicyclic amines) is 1. The van der Waals surface area contributed by atoms with Crippen LogP contribution in [0.3, 0.4) is 0 Å². The monoisotopic (exact) mass is 264 g/mol. The summed E-state index contributed by atoms with van der Waals surface area (Å²) < 4.78 is 5.45. The fourth-order valence-electron chi connectivity index (χ4n) is 2.17. The van der Waals surface area contributed by atoms with Gasteiger partial charge in [-0.15, -0.1) is 0 Å². The van der Waals surface area contributed by atoms with E-state index in [4.69, 9.17) is 15.6 Å². The van der Waals surface area contributed by atoms with Crippen molar-refractivity contribution in [2.24, 2.45) is 11.7 Å².